The second-order valence-corrected chi connectivity index (χ2v) is 15.0. The van der Waals surface area contributed by atoms with Crippen molar-refractivity contribution >= 4 is 11.8 Å². The summed E-state index contributed by atoms with van der Waals surface area (Å²) in [6, 6.07) is 0. The average molecular weight is 641 g/mol. The van der Waals surface area contributed by atoms with Gasteiger partial charge in [0.15, 0.2) is 0 Å². The first kappa shape index (κ1) is 40.6. The lowest BCUT2D eigenvalue weighted by atomic mass is 9.93. The predicted octanol–water partition coefficient (Wildman–Crippen LogP) is 12.7. The Bertz CT molecular complexity index is 760. The fourth-order valence-electron chi connectivity index (χ4n) is 7.55. The summed E-state index contributed by atoms with van der Waals surface area (Å²) in [5.41, 5.74) is 1.31. The summed E-state index contributed by atoms with van der Waals surface area (Å²) in [4.78, 5) is 31.0. The van der Waals surface area contributed by atoms with Crippen molar-refractivity contribution in [2.45, 2.75) is 207 Å². The molecule has 4 heteroatoms. The first-order valence-electron chi connectivity index (χ1n) is 20.6. The molecule has 0 spiro atoms. The Hall–Kier alpha value is -1.58. The van der Waals surface area contributed by atoms with Crippen molar-refractivity contribution in [2.24, 2.45) is 11.8 Å². The molecule has 0 atom stereocenters. The Morgan fingerprint density at radius 2 is 0.630 bits per heavy atom. The van der Waals surface area contributed by atoms with Crippen LogP contribution in [0.1, 0.15) is 207 Å². The van der Waals surface area contributed by atoms with Crippen LogP contribution in [0.2, 0.25) is 0 Å². The van der Waals surface area contributed by atoms with Gasteiger partial charge in [0.25, 0.3) is 11.8 Å². The molecule has 0 unspecified atom stereocenters. The summed E-state index contributed by atoms with van der Waals surface area (Å²) in [5, 5.41) is 0. The highest BCUT2D eigenvalue weighted by Gasteiger charge is 2.40. The van der Waals surface area contributed by atoms with Crippen LogP contribution in [0, 0.1) is 11.8 Å². The lowest BCUT2D eigenvalue weighted by Crippen LogP contribution is -2.30. The molecule has 266 valence electrons. The van der Waals surface area contributed by atoms with E-state index in [-0.39, 0.29) is 11.8 Å². The van der Waals surface area contributed by atoms with E-state index in [4.69, 9.17) is 0 Å². The van der Waals surface area contributed by atoms with Crippen molar-refractivity contribution in [1.29, 1.82) is 0 Å². The smallest absolute Gasteiger partial charge is 0.260 e. The molecule has 0 fully saturated rings. The van der Waals surface area contributed by atoms with E-state index in [0.717, 1.165) is 13.1 Å². The molecular formula is C42H76N2O2. The molecule has 46 heavy (non-hydrogen) atoms. The van der Waals surface area contributed by atoms with E-state index in [0.29, 0.717) is 23.0 Å². The molecule has 0 radical (unpaired) electrons. The molecule has 0 bridgehead atoms. The summed E-state index contributed by atoms with van der Waals surface area (Å²) in [7, 11) is 0. The van der Waals surface area contributed by atoms with E-state index < -0.39 is 0 Å². The molecule has 2 rings (SSSR count). The lowest BCUT2D eigenvalue weighted by Gasteiger charge is -2.24. The molecule has 2 aliphatic heterocycles. The van der Waals surface area contributed by atoms with Gasteiger partial charge in [-0.05, 0) is 37.5 Å². The third-order valence-electron chi connectivity index (χ3n) is 10.6. The molecule has 2 aliphatic rings. The predicted molar refractivity (Wildman–Crippen MR) is 199 cm³/mol. The van der Waals surface area contributed by atoms with Crippen molar-refractivity contribution in [1.82, 2.24) is 9.80 Å². The van der Waals surface area contributed by atoms with Gasteiger partial charge in [-0.1, -0.05) is 182 Å². The first-order chi connectivity index (χ1) is 22.5. The normalized spacial score (nSPS) is 14.7. The van der Waals surface area contributed by atoms with Crippen molar-refractivity contribution in [2.75, 3.05) is 13.1 Å². The molecule has 0 N–H and O–H groups in total. The van der Waals surface area contributed by atoms with E-state index in [2.05, 4.69) is 27.7 Å². The van der Waals surface area contributed by atoms with Crippen LogP contribution >= 0.6 is 0 Å². The van der Waals surface area contributed by atoms with Gasteiger partial charge in [0, 0.05) is 25.5 Å². The molecule has 0 aromatic carbocycles. The number of fused-ring (bicyclic) bond motifs is 1. The number of unbranched alkanes of at least 4 members (excludes halogenated alkanes) is 20. The third-order valence-corrected chi connectivity index (χ3v) is 10.6. The number of amides is 2. The largest absolute Gasteiger partial charge is 0.314 e. The number of nitrogens with zero attached hydrogens (tertiary/aromatic N) is 2. The van der Waals surface area contributed by atoms with Gasteiger partial charge >= 0.3 is 0 Å². The molecular weight excluding hydrogens is 564 g/mol. The van der Waals surface area contributed by atoms with Crippen LogP contribution in [0.25, 0.3) is 0 Å². The highest BCUT2D eigenvalue weighted by atomic mass is 16.2. The lowest BCUT2D eigenvalue weighted by molar-refractivity contribution is -0.124. The second-order valence-electron chi connectivity index (χ2n) is 15.0. The van der Waals surface area contributed by atoms with Gasteiger partial charge in [0.05, 0.1) is 11.1 Å². The number of carbonyl (C=O) groups is 2. The fraction of sp³-hybridized carbons (Fsp3) is 0.857. The van der Waals surface area contributed by atoms with Crippen LogP contribution in [-0.4, -0.2) is 34.7 Å². The molecule has 2 amide bonds. The number of carbonyl (C=O) groups excluding carboxylic acids is 2. The zero-order valence-corrected chi connectivity index (χ0v) is 31.2. The maximum atomic E-state index is 13.6. The van der Waals surface area contributed by atoms with Gasteiger partial charge in [-0.15, -0.1) is 0 Å². The molecule has 0 aromatic rings. The monoisotopic (exact) mass is 641 g/mol. The number of hydrogen-bond donors (Lipinski definition) is 0. The fourth-order valence-corrected chi connectivity index (χ4v) is 7.55. The van der Waals surface area contributed by atoms with Crippen molar-refractivity contribution < 1.29 is 9.59 Å². The Morgan fingerprint density at radius 1 is 0.391 bits per heavy atom. The van der Waals surface area contributed by atoms with E-state index >= 15 is 0 Å². The highest BCUT2D eigenvalue weighted by Crippen LogP contribution is 2.34. The minimum absolute atomic E-state index is 0.0603. The van der Waals surface area contributed by atoms with Crippen LogP contribution in [-0.2, 0) is 9.59 Å². The van der Waals surface area contributed by atoms with E-state index in [1.807, 2.05) is 22.2 Å². The van der Waals surface area contributed by atoms with Crippen LogP contribution in [0.3, 0.4) is 0 Å². The maximum Gasteiger partial charge on any atom is 0.260 e. The van der Waals surface area contributed by atoms with Gasteiger partial charge in [-0.2, -0.15) is 0 Å². The standard InChI is InChI=1S/C42H76N2O2/c1-5-9-13-17-21-25-29-37(30-26-22-18-14-10-6-2)33-43-35-39-40(41(43)45)36-44(42(39)46)34-38(31-27-23-19-15-11-7-3)32-28-24-20-16-12-8-4/h35-38H,5-34H2,1-4H3. The Labute approximate surface area is 286 Å². The van der Waals surface area contributed by atoms with Crippen LogP contribution in [0.15, 0.2) is 23.5 Å². The number of hydrogen-bond acceptors (Lipinski definition) is 2. The molecule has 0 saturated heterocycles. The Kier molecular flexibility index (Phi) is 23.3. The number of rotatable bonds is 32. The van der Waals surface area contributed by atoms with Crippen LogP contribution in [0.4, 0.5) is 0 Å². The summed E-state index contributed by atoms with van der Waals surface area (Å²) in [5.74, 6) is 1.18. The average Bonchev–Trinajstić information content (AvgIpc) is 3.53. The zero-order chi connectivity index (χ0) is 33.2. The minimum atomic E-state index is 0.0603. The summed E-state index contributed by atoms with van der Waals surface area (Å²) in [6.07, 6.45) is 40.2. The van der Waals surface area contributed by atoms with Gasteiger partial charge in [0.2, 0.25) is 0 Å². The summed E-state index contributed by atoms with van der Waals surface area (Å²) < 4.78 is 0. The Morgan fingerprint density at radius 3 is 0.891 bits per heavy atom. The summed E-state index contributed by atoms with van der Waals surface area (Å²) >= 11 is 0. The van der Waals surface area contributed by atoms with Crippen LogP contribution in [0.5, 0.6) is 0 Å². The van der Waals surface area contributed by atoms with Gasteiger partial charge in [-0.25, -0.2) is 0 Å². The molecule has 0 aromatic heterocycles. The van der Waals surface area contributed by atoms with Crippen molar-refractivity contribution in [3.8, 4) is 0 Å². The van der Waals surface area contributed by atoms with Crippen molar-refractivity contribution in [3.05, 3.63) is 23.5 Å². The topological polar surface area (TPSA) is 40.6 Å². The van der Waals surface area contributed by atoms with Gasteiger partial charge in [-0.3, -0.25) is 9.59 Å². The minimum Gasteiger partial charge on any atom is -0.314 e. The molecule has 4 nitrogen and oxygen atoms in total. The van der Waals surface area contributed by atoms with Crippen LogP contribution < -0.4 is 0 Å². The SMILES string of the molecule is CCCCCCCCC(CCCCCCCC)CN1C=C2C(=O)N(CC(CCCCCCCC)CCCCCCCC)C=C2C1=O. The second kappa shape index (κ2) is 26.4. The van der Waals surface area contributed by atoms with E-state index in [1.165, 1.54) is 180 Å². The van der Waals surface area contributed by atoms with Crippen molar-refractivity contribution in [3.63, 3.8) is 0 Å². The molecule has 0 saturated carbocycles. The third kappa shape index (κ3) is 16.5. The Balaban J connectivity index is 1.93. The van der Waals surface area contributed by atoms with Gasteiger partial charge in [0.1, 0.15) is 0 Å². The first-order valence-corrected chi connectivity index (χ1v) is 20.6. The van der Waals surface area contributed by atoms with Gasteiger partial charge < -0.3 is 9.80 Å². The summed E-state index contributed by atoms with van der Waals surface area (Å²) in [6.45, 7) is 10.7. The highest BCUT2D eigenvalue weighted by molar-refractivity contribution is 6.17. The quantitative estimate of drug-likeness (QED) is 0.0686. The van der Waals surface area contributed by atoms with E-state index in [1.54, 1.807) is 0 Å². The van der Waals surface area contributed by atoms with E-state index in [9.17, 15) is 9.59 Å². The maximum absolute atomic E-state index is 13.6. The zero-order valence-electron chi connectivity index (χ0n) is 31.2. The molecule has 2 heterocycles. The molecule has 0 aliphatic carbocycles.